The van der Waals surface area contributed by atoms with E-state index in [1.807, 2.05) is 50.2 Å². The zero-order valence-corrected chi connectivity index (χ0v) is 19.3. The summed E-state index contributed by atoms with van der Waals surface area (Å²) in [6.45, 7) is 6.56. The molecule has 1 fully saturated rings. The fourth-order valence-corrected chi connectivity index (χ4v) is 4.42. The molecule has 0 spiro atoms. The molecular weight excluding hydrogens is 412 g/mol. The van der Waals surface area contributed by atoms with Gasteiger partial charge in [-0.05, 0) is 79.7 Å². The van der Waals surface area contributed by atoms with E-state index in [1.54, 1.807) is 6.07 Å². The van der Waals surface area contributed by atoms with Gasteiger partial charge in [-0.3, -0.25) is 4.79 Å². The quantitative estimate of drug-likeness (QED) is 0.442. The highest BCUT2D eigenvalue weighted by molar-refractivity contribution is 5.98. The van der Waals surface area contributed by atoms with Crippen LogP contribution in [-0.4, -0.2) is 31.6 Å². The maximum atomic E-state index is 13.1. The molecule has 1 saturated heterocycles. The first-order valence-electron chi connectivity index (χ1n) is 11.7. The summed E-state index contributed by atoms with van der Waals surface area (Å²) in [6, 6.07) is 19.3. The van der Waals surface area contributed by atoms with Gasteiger partial charge in [-0.1, -0.05) is 48.5 Å². The lowest BCUT2D eigenvalue weighted by atomic mass is 9.98. The number of urea groups is 1. The molecule has 0 bridgehead atoms. The van der Waals surface area contributed by atoms with E-state index in [2.05, 4.69) is 39.5 Å². The zero-order chi connectivity index (χ0) is 23.2. The van der Waals surface area contributed by atoms with Crippen LogP contribution in [0.2, 0.25) is 0 Å². The minimum atomic E-state index is -0.243. The van der Waals surface area contributed by atoms with Crippen molar-refractivity contribution >= 4 is 28.4 Å². The lowest BCUT2D eigenvalue weighted by molar-refractivity contribution is 0.0939. The topological polar surface area (TPSA) is 82.3 Å². The lowest BCUT2D eigenvalue weighted by Crippen LogP contribution is -2.37. The van der Waals surface area contributed by atoms with Gasteiger partial charge in [0.2, 0.25) is 0 Å². The third-order valence-corrected chi connectivity index (χ3v) is 6.39. The second-order valence-electron chi connectivity index (χ2n) is 8.82. The average Bonchev–Trinajstić information content (AvgIpc) is 2.84. The van der Waals surface area contributed by atoms with Gasteiger partial charge in [0.25, 0.3) is 5.91 Å². The van der Waals surface area contributed by atoms with Crippen molar-refractivity contribution in [3.63, 3.8) is 0 Å². The van der Waals surface area contributed by atoms with Crippen molar-refractivity contribution in [3.8, 4) is 0 Å². The maximum absolute atomic E-state index is 13.1. The zero-order valence-electron chi connectivity index (χ0n) is 19.3. The molecule has 1 heterocycles. The molecule has 3 amide bonds. The minimum absolute atomic E-state index is 0.159. The van der Waals surface area contributed by atoms with Crippen molar-refractivity contribution in [1.29, 1.82) is 0 Å². The Bertz CT molecular complexity index is 1130. The summed E-state index contributed by atoms with van der Waals surface area (Å²) in [4.78, 5) is 25.5. The number of rotatable bonds is 6. The average molecular weight is 445 g/mol. The van der Waals surface area contributed by atoms with Gasteiger partial charge in [0.15, 0.2) is 0 Å². The summed E-state index contributed by atoms with van der Waals surface area (Å²) in [7, 11) is 0. The summed E-state index contributed by atoms with van der Waals surface area (Å²) in [5, 5.41) is 14.6. The first kappa shape index (κ1) is 22.8. The van der Waals surface area contributed by atoms with Crippen LogP contribution >= 0.6 is 0 Å². The molecule has 1 atom stereocenters. The highest BCUT2D eigenvalue weighted by atomic mass is 16.2. The molecule has 0 saturated carbocycles. The van der Waals surface area contributed by atoms with E-state index >= 15 is 0 Å². The van der Waals surface area contributed by atoms with Gasteiger partial charge in [-0.25, -0.2) is 4.79 Å². The monoisotopic (exact) mass is 444 g/mol. The molecule has 172 valence electrons. The maximum Gasteiger partial charge on any atom is 0.319 e. The number of aryl methyl sites for hydroxylation is 1. The Morgan fingerprint density at radius 2 is 1.79 bits per heavy atom. The van der Waals surface area contributed by atoms with Gasteiger partial charge >= 0.3 is 6.03 Å². The Morgan fingerprint density at radius 3 is 2.61 bits per heavy atom. The molecule has 0 unspecified atom stereocenters. The van der Waals surface area contributed by atoms with E-state index in [0.29, 0.717) is 23.7 Å². The number of anilines is 1. The molecule has 3 aromatic rings. The van der Waals surface area contributed by atoms with Crippen molar-refractivity contribution in [2.24, 2.45) is 5.92 Å². The number of piperidine rings is 1. The summed E-state index contributed by atoms with van der Waals surface area (Å²) in [5.41, 5.74) is 3.09. The van der Waals surface area contributed by atoms with Gasteiger partial charge in [0, 0.05) is 17.8 Å². The number of carbonyl (C=O) groups excluding carboxylic acids is 2. The third kappa shape index (κ3) is 5.71. The van der Waals surface area contributed by atoms with Crippen LogP contribution in [0.1, 0.15) is 47.3 Å². The lowest BCUT2D eigenvalue weighted by Gasteiger charge is -2.22. The van der Waals surface area contributed by atoms with Gasteiger partial charge in [0.05, 0.1) is 6.04 Å². The van der Waals surface area contributed by atoms with Gasteiger partial charge < -0.3 is 21.3 Å². The van der Waals surface area contributed by atoms with E-state index in [9.17, 15) is 9.59 Å². The first-order chi connectivity index (χ1) is 16.0. The van der Waals surface area contributed by atoms with Crippen LogP contribution in [0.15, 0.2) is 60.7 Å². The van der Waals surface area contributed by atoms with Crippen LogP contribution in [0.5, 0.6) is 0 Å². The largest absolute Gasteiger partial charge is 0.345 e. The van der Waals surface area contributed by atoms with Crippen molar-refractivity contribution in [2.75, 3.05) is 25.0 Å². The summed E-state index contributed by atoms with van der Waals surface area (Å²) in [5.74, 6) is 0.346. The Morgan fingerprint density at radius 1 is 1.03 bits per heavy atom. The van der Waals surface area contributed by atoms with Crippen molar-refractivity contribution in [2.45, 2.75) is 32.7 Å². The standard InChI is InChI=1S/C27H32N4O2/c1-18-10-11-22(31-27(33)29-17-20-12-14-28-15-13-20)16-25(18)26(32)30-19(2)23-9-5-7-21-6-3-4-8-24(21)23/h3-11,16,19-20,28H,12-15,17H2,1-2H3,(H,30,32)(H2,29,31,33)/t19-/m1/s1. The highest BCUT2D eigenvalue weighted by Gasteiger charge is 2.17. The number of fused-ring (bicyclic) bond motifs is 1. The SMILES string of the molecule is Cc1ccc(NC(=O)NCC2CCNCC2)cc1C(=O)N[C@H](C)c1cccc2ccccc12. The molecule has 1 aliphatic heterocycles. The molecule has 0 aromatic heterocycles. The summed E-state index contributed by atoms with van der Waals surface area (Å²) in [6.07, 6.45) is 2.15. The van der Waals surface area contributed by atoms with Crippen LogP contribution in [0, 0.1) is 12.8 Å². The molecular formula is C27H32N4O2. The molecule has 6 heteroatoms. The molecule has 4 N–H and O–H groups in total. The number of hydrogen-bond acceptors (Lipinski definition) is 3. The Kier molecular flexibility index (Phi) is 7.25. The van der Waals surface area contributed by atoms with Crippen LogP contribution in [0.3, 0.4) is 0 Å². The molecule has 0 radical (unpaired) electrons. The smallest absolute Gasteiger partial charge is 0.319 e. The summed E-state index contributed by atoms with van der Waals surface area (Å²) < 4.78 is 0. The van der Waals surface area contributed by atoms with Crippen LogP contribution < -0.4 is 21.3 Å². The van der Waals surface area contributed by atoms with Gasteiger partial charge in [-0.15, -0.1) is 0 Å². The Labute approximate surface area is 195 Å². The number of carbonyl (C=O) groups is 2. The molecule has 0 aliphatic carbocycles. The minimum Gasteiger partial charge on any atom is -0.345 e. The number of benzene rings is 3. The highest BCUT2D eigenvalue weighted by Crippen LogP contribution is 2.25. The molecule has 6 nitrogen and oxygen atoms in total. The molecule has 4 rings (SSSR count). The number of hydrogen-bond donors (Lipinski definition) is 4. The number of nitrogens with one attached hydrogen (secondary N) is 4. The predicted molar refractivity (Wildman–Crippen MR) is 134 cm³/mol. The van der Waals surface area contributed by atoms with E-state index in [-0.39, 0.29) is 18.0 Å². The third-order valence-electron chi connectivity index (χ3n) is 6.39. The van der Waals surface area contributed by atoms with Crippen molar-refractivity contribution in [3.05, 3.63) is 77.4 Å². The van der Waals surface area contributed by atoms with Crippen molar-refractivity contribution in [1.82, 2.24) is 16.0 Å². The van der Waals surface area contributed by atoms with Crippen LogP contribution in [-0.2, 0) is 0 Å². The summed E-state index contributed by atoms with van der Waals surface area (Å²) >= 11 is 0. The fraction of sp³-hybridized carbons (Fsp3) is 0.333. The van der Waals surface area contributed by atoms with Crippen LogP contribution in [0.25, 0.3) is 10.8 Å². The second-order valence-corrected chi connectivity index (χ2v) is 8.82. The van der Waals surface area contributed by atoms with E-state index in [4.69, 9.17) is 0 Å². The second kappa shape index (κ2) is 10.5. The number of amides is 3. The van der Waals surface area contributed by atoms with E-state index in [0.717, 1.165) is 47.8 Å². The van der Waals surface area contributed by atoms with Gasteiger partial charge in [0.1, 0.15) is 0 Å². The Hall–Kier alpha value is -3.38. The van der Waals surface area contributed by atoms with Crippen LogP contribution in [0.4, 0.5) is 10.5 Å². The molecule has 1 aliphatic rings. The predicted octanol–water partition coefficient (Wildman–Crippen LogP) is 4.76. The molecule has 3 aromatic carbocycles. The Balaban J connectivity index is 1.41. The normalized spacial score (nSPS) is 15.1. The van der Waals surface area contributed by atoms with Gasteiger partial charge in [-0.2, -0.15) is 0 Å². The fourth-order valence-electron chi connectivity index (χ4n) is 4.42. The van der Waals surface area contributed by atoms with E-state index in [1.165, 1.54) is 0 Å². The first-order valence-corrected chi connectivity index (χ1v) is 11.7. The van der Waals surface area contributed by atoms with Crippen molar-refractivity contribution < 1.29 is 9.59 Å². The molecule has 33 heavy (non-hydrogen) atoms. The van der Waals surface area contributed by atoms with E-state index < -0.39 is 0 Å².